The van der Waals surface area contributed by atoms with Crippen molar-refractivity contribution in [3.8, 4) is 0 Å². The zero-order valence-corrected chi connectivity index (χ0v) is 10.7. The fourth-order valence-corrected chi connectivity index (χ4v) is 1.48. The number of rotatable bonds is 3. The van der Waals surface area contributed by atoms with E-state index in [1.54, 1.807) is 33.9 Å². The molecule has 0 radical (unpaired) electrons. The van der Waals surface area contributed by atoms with E-state index in [1.165, 1.54) is 4.90 Å². The number of carboxylic acids is 1. The van der Waals surface area contributed by atoms with Gasteiger partial charge in [0.05, 0.1) is 5.54 Å². The monoisotopic (exact) mass is 241 g/mol. The Labute approximate surface area is 101 Å². The average molecular weight is 241 g/mol. The predicted molar refractivity (Wildman–Crippen MR) is 62.7 cm³/mol. The van der Waals surface area contributed by atoms with Crippen LogP contribution in [0.4, 0.5) is 4.79 Å². The van der Waals surface area contributed by atoms with Crippen molar-refractivity contribution in [2.24, 2.45) is 0 Å². The second-order valence-corrected chi connectivity index (χ2v) is 5.31. The van der Waals surface area contributed by atoms with Gasteiger partial charge in [-0.05, 0) is 33.6 Å². The smallest absolute Gasteiger partial charge is 0.410 e. The van der Waals surface area contributed by atoms with Crippen molar-refractivity contribution in [1.82, 2.24) is 4.90 Å². The zero-order chi connectivity index (χ0) is 13.3. The van der Waals surface area contributed by atoms with E-state index in [-0.39, 0.29) is 0 Å². The van der Waals surface area contributed by atoms with Crippen LogP contribution < -0.4 is 0 Å². The average Bonchev–Trinajstić information content (AvgIpc) is 2.91. The molecule has 0 aliphatic heterocycles. The van der Waals surface area contributed by atoms with Crippen molar-refractivity contribution >= 4 is 12.1 Å². The van der Waals surface area contributed by atoms with Crippen molar-refractivity contribution in [2.45, 2.75) is 44.8 Å². The van der Waals surface area contributed by atoms with Gasteiger partial charge in [-0.2, -0.15) is 0 Å². The van der Waals surface area contributed by atoms with Crippen molar-refractivity contribution in [3.05, 3.63) is 12.2 Å². The zero-order valence-electron chi connectivity index (χ0n) is 10.7. The maximum atomic E-state index is 11.8. The summed E-state index contributed by atoms with van der Waals surface area (Å²) in [7, 11) is 1.63. The minimum Gasteiger partial charge on any atom is -0.478 e. The molecule has 17 heavy (non-hydrogen) atoms. The van der Waals surface area contributed by atoms with Gasteiger partial charge in [-0.25, -0.2) is 9.59 Å². The lowest BCUT2D eigenvalue weighted by molar-refractivity contribution is -0.131. The number of aliphatic carboxylic acids is 1. The molecule has 1 N–H and O–H groups in total. The van der Waals surface area contributed by atoms with Gasteiger partial charge < -0.3 is 14.7 Å². The van der Waals surface area contributed by atoms with Crippen molar-refractivity contribution in [1.29, 1.82) is 0 Å². The van der Waals surface area contributed by atoms with Crippen LogP contribution in [0.25, 0.3) is 0 Å². The number of likely N-dealkylation sites (N-methyl/N-ethyl adjacent to an activating group) is 1. The number of hydrogen-bond donors (Lipinski definition) is 1. The van der Waals surface area contributed by atoms with Crippen LogP contribution >= 0.6 is 0 Å². The molecule has 0 heterocycles. The third kappa shape index (κ3) is 3.76. The topological polar surface area (TPSA) is 66.8 Å². The molecule has 0 unspecified atom stereocenters. The minimum absolute atomic E-state index is 0.426. The fraction of sp³-hybridized carbons (Fsp3) is 0.667. The summed E-state index contributed by atoms with van der Waals surface area (Å²) in [5, 5.41) is 8.59. The Morgan fingerprint density at radius 3 is 2.24 bits per heavy atom. The van der Waals surface area contributed by atoms with E-state index in [1.807, 2.05) is 0 Å². The summed E-state index contributed by atoms with van der Waals surface area (Å²) in [4.78, 5) is 23.8. The molecule has 0 bridgehead atoms. The van der Waals surface area contributed by atoms with Crippen molar-refractivity contribution in [3.63, 3.8) is 0 Å². The van der Waals surface area contributed by atoms with Crippen molar-refractivity contribution < 1.29 is 19.4 Å². The van der Waals surface area contributed by atoms with Crippen LogP contribution in [0.2, 0.25) is 0 Å². The van der Waals surface area contributed by atoms with E-state index >= 15 is 0 Å². The van der Waals surface area contributed by atoms with Crippen LogP contribution in [0, 0.1) is 0 Å². The molecule has 5 heteroatoms. The molecule has 1 aliphatic rings. The highest BCUT2D eigenvalue weighted by Crippen LogP contribution is 2.42. The molecule has 5 nitrogen and oxygen atoms in total. The third-order valence-corrected chi connectivity index (χ3v) is 2.63. The van der Waals surface area contributed by atoms with Gasteiger partial charge in [-0.1, -0.05) is 6.08 Å². The summed E-state index contributed by atoms with van der Waals surface area (Å²) in [5.41, 5.74) is -1.02. The number of nitrogens with zero attached hydrogens (tertiary/aromatic N) is 1. The van der Waals surface area contributed by atoms with Crippen LogP contribution in [0.1, 0.15) is 33.6 Å². The Balaban J connectivity index is 2.67. The summed E-state index contributed by atoms with van der Waals surface area (Å²) in [6.07, 6.45) is 3.75. The number of carbonyl (C=O) groups excluding carboxylic acids is 1. The summed E-state index contributed by atoms with van der Waals surface area (Å²) in [6, 6.07) is 0. The summed E-state index contributed by atoms with van der Waals surface area (Å²) in [6.45, 7) is 5.39. The first-order chi connectivity index (χ1) is 7.66. The normalized spacial score (nSPS) is 17.9. The van der Waals surface area contributed by atoms with Crippen LogP contribution in [-0.2, 0) is 9.53 Å². The van der Waals surface area contributed by atoms with E-state index in [4.69, 9.17) is 9.84 Å². The number of amides is 1. The van der Waals surface area contributed by atoms with E-state index in [9.17, 15) is 9.59 Å². The number of carbonyl (C=O) groups is 2. The first-order valence-electron chi connectivity index (χ1n) is 5.55. The lowest BCUT2D eigenvalue weighted by Crippen LogP contribution is -2.41. The molecule has 0 atom stereocenters. The maximum absolute atomic E-state index is 11.8. The standard InChI is InChI=1S/C12H19NO4/c1-11(2,3)17-10(16)13(4)12(7-8-12)6-5-9(14)15/h5-6H,7-8H2,1-4H3,(H,14,15). The van der Waals surface area contributed by atoms with Gasteiger partial charge in [0.25, 0.3) is 0 Å². The fourth-order valence-electron chi connectivity index (χ4n) is 1.48. The molecule has 1 saturated carbocycles. The Kier molecular flexibility index (Phi) is 3.50. The quantitative estimate of drug-likeness (QED) is 0.768. The number of ether oxygens (including phenoxy) is 1. The Morgan fingerprint density at radius 1 is 1.35 bits per heavy atom. The molecule has 0 saturated heterocycles. The highest BCUT2D eigenvalue weighted by molar-refractivity contribution is 5.80. The third-order valence-electron chi connectivity index (χ3n) is 2.63. The van der Waals surface area contributed by atoms with Gasteiger partial charge in [0.1, 0.15) is 5.60 Å². The minimum atomic E-state index is -1.01. The largest absolute Gasteiger partial charge is 0.478 e. The van der Waals surface area contributed by atoms with Gasteiger partial charge in [0.15, 0.2) is 0 Å². The lowest BCUT2D eigenvalue weighted by Gasteiger charge is -2.29. The number of carboxylic acid groups (broad SMARTS) is 1. The molecule has 0 aromatic carbocycles. The maximum Gasteiger partial charge on any atom is 0.410 e. The molecule has 96 valence electrons. The highest BCUT2D eigenvalue weighted by atomic mass is 16.6. The van der Waals surface area contributed by atoms with Crippen LogP contribution in [0.15, 0.2) is 12.2 Å². The lowest BCUT2D eigenvalue weighted by atomic mass is 10.2. The van der Waals surface area contributed by atoms with Crippen molar-refractivity contribution in [2.75, 3.05) is 7.05 Å². The highest BCUT2D eigenvalue weighted by Gasteiger charge is 2.47. The molecule has 1 amide bonds. The molecule has 0 aromatic heterocycles. The first kappa shape index (κ1) is 13.5. The predicted octanol–water partition coefficient (Wildman–Crippen LogP) is 2.03. The van der Waals surface area contributed by atoms with Gasteiger partial charge >= 0.3 is 12.1 Å². The summed E-state index contributed by atoms with van der Waals surface area (Å²) in [5.74, 6) is -1.01. The van der Waals surface area contributed by atoms with E-state index in [0.717, 1.165) is 18.9 Å². The molecular formula is C12H19NO4. The van der Waals surface area contributed by atoms with E-state index < -0.39 is 23.2 Å². The number of hydrogen-bond acceptors (Lipinski definition) is 3. The Morgan fingerprint density at radius 2 is 1.88 bits per heavy atom. The van der Waals surface area contributed by atoms with Gasteiger partial charge in [-0.15, -0.1) is 0 Å². The summed E-state index contributed by atoms with van der Waals surface area (Å²) < 4.78 is 5.24. The second kappa shape index (κ2) is 4.39. The Bertz CT molecular complexity index is 350. The molecule has 1 rings (SSSR count). The van der Waals surface area contributed by atoms with E-state index in [0.29, 0.717) is 0 Å². The first-order valence-corrected chi connectivity index (χ1v) is 5.55. The van der Waals surface area contributed by atoms with Gasteiger partial charge in [0, 0.05) is 13.1 Å². The molecule has 0 aromatic rings. The summed E-state index contributed by atoms with van der Waals surface area (Å²) >= 11 is 0. The van der Waals surface area contributed by atoms with Gasteiger partial charge in [-0.3, -0.25) is 0 Å². The van der Waals surface area contributed by atoms with E-state index in [2.05, 4.69) is 0 Å². The van der Waals surface area contributed by atoms with Crippen LogP contribution in [-0.4, -0.2) is 40.3 Å². The molecular weight excluding hydrogens is 222 g/mol. The molecule has 1 aliphatic carbocycles. The van der Waals surface area contributed by atoms with Crippen LogP contribution in [0.5, 0.6) is 0 Å². The molecule has 0 spiro atoms. The molecule has 1 fully saturated rings. The SMILES string of the molecule is CN(C(=O)OC(C)(C)C)C1(C=CC(=O)O)CC1. The second-order valence-electron chi connectivity index (χ2n) is 5.31. The Hall–Kier alpha value is -1.52. The van der Waals surface area contributed by atoms with Crippen LogP contribution in [0.3, 0.4) is 0 Å². The van der Waals surface area contributed by atoms with Gasteiger partial charge in [0.2, 0.25) is 0 Å².